The molecular formula is C10H9NaO4S4. The van der Waals surface area contributed by atoms with E-state index in [0.717, 1.165) is 8.70 Å². The monoisotopic (exact) mass is 344 g/mol. The standard InChI is InChI=1S/C10H8O4S4.Na.H/c1-14-7-3-2-6(4-9(7)18(11,12)13)8-5-10(15)17-16-8;;/h2-5H,1H3,(H,11,12,13);;/q;+1;-1. The number of hydrogen-bond acceptors (Lipinski definition) is 6. The number of benzene rings is 1. The third-order valence-corrected chi connectivity index (χ3v) is 5.97. The van der Waals surface area contributed by atoms with Gasteiger partial charge in [0.2, 0.25) is 0 Å². The third-order valence-electron chi connectivity index (χ3n) is 2.19. The fourth-order valence-electron chi connectivity index (χ4n) is 1.40. The average molecular weight is 344 g/mol. The van der Waals surface area contributed by atoms with Crippen LogP contribution in [0.4, 0.5) is 0 Å². The molecule has 0 spiro atoms. The largest absolute Gasteiger partial charge is 1.00 e. The molecule has 0 saturated heterocycles. The van der Waals surface area contributed by atoms with Crippen molar-refractivity contribution in [3.8, 4) is 16.2 Å². The Morgan fingerprint density at radius 1 is 1.32 bits per heavy atom. The van der Waals surface area contributed by atoms with Crippen molar-refractivity contribution in [3.05, 3.63) is 28.1 Å². The van der Waals surface area contributed by atoms with E-state index in [4.69, 9.17) is 21.5 Å². The van der Waals surface area contributed by atoms with Crippen molar-refractivity contribution in [3.63, 3.8) is 0 Å². The van der Waals surface area contributed by atoms with Crippen LogP contribution in [-0.2, 0) is 10.1 Å². The summed E-state index contributed by atoms with van der Waals surface area (Å²) in [6, 6.07) is 6.40. The van der Waals surface area contributed by atoms with Crippen LogP contribution in [0.1, 0.15) is 1.43 Å². The van der Waals surface area contributed by atoms with E-state index in [1.807, 2.05) is 0 Å². The Labute approximate surface area is 147 Å². The second-order valence-electron chi connectivity index (χ2n) is 3.33. The van der Waals surface area contributed by atoms with Crippen molar-refractivity contribution < 1.29 is 48.7 Å². The van der Waals surface area contributed by atoms with E-state index in [0.29, 0.717) is 5.56 Å². The van der Waals surface area contributed by atoms with Gasteiger partial charge in [-0.3, -0.25) is 4.55 Å². The molecule has 0 saturated carbocycles. The Kier molecular flexibility index (Phi) is 6.15. The van der Waals surface area contributed by atoms with E-state index in [2.05, 4.69) is 0 Å². The second-order valence-corrected chi connectivity index (χ2v) is 7.64. The Morgan fingerprint density at radius 2 is 2.00 bits per heavy atom. The van der Waals surface area contributed by atoms with Gasteiger partial charge in [-0.05, 0) is 29.8 Å². The van der Waals surface area contributed by atoms with Crippen LogP contribution in [0.25, 0.3) is 10.4 Å². The molecule has 0 aliphatic carbocycles. The summed E-state index contributed by atoms with van der Waals surface area (Å²) in [6.07, 6.45) is 0. The summed E-state index contributed by atoms with van der Waals surface area (Å²) < 4.78 is 37.3. The molecule has 2 rings (SSSR count). The van der Waals surface area contributed by atoms with Gasteiger partial charge >= 0.3 is 29.6 Å². The van der Waals surface area contributed by atoms with Gasteiger partial charge < -0.3 is 6.16 Å². The van der Waals surface area contributed by atoms with Crippen molar-refractivity contribution in [1.29, 1.82) is 0 Å². The van der Waals surface area contributed by atoms with Crippen LogP contribution in [0.2, 0.25) is 0 Å². The zero-order valence-corrected chi connectivity index (χ0v) is 15.4. The number of ether oxygens (including phenoxy) is 1. The van der Waals surface area contributed by atoms with Gasteiger partial charge in [0.15, 0.2) is 0 Å². The molecule has 1 N–H and O–H groups in total. The van der Waals surface area contributed by atoms with Crippen molar-refractivity contribution in [2.75, 3.05) is 7.11 Å². The van der Waals surface area contributed by atoms with E-state index in [9.17, 15) is 8.42 Å². The van der Waals surface area contributed by atoms with Gasteiger partial charge in [0.25, 0.3) is 10.1 Å². The Balaban J connectivity index is 0.00000180. The van der Waals surface area contributed by atoms with E-state index in [-0.39, 0.29) is 41.6 Å². The van der Waals surface area contributed by atoms with Crippen molar-refractivity contribution in [2.24, 2.45) is 0 Å². The zero-order valence-electron chi connectivity index (χ0n) is 11.1. The predicted molar refractivity (Wildman–Crippen MR) is 75.9 cm³/mol. The van der Waals surface area contributed by atoms with E-state index in [1.54, 1.807) is 12.1 Å². The Morgan fingerprint density at radius 3 is 2.47 bits per heavy atom. The summed E-state index contributed by atoms with van der Waals surface area (Å²) in [4.78, 5) is 0.615. The maximum Gasteiger partial charge on any atom is 1.00 e. The van der Waals surface area contributed by atoms with E-state index >= 15 is 0 Å². The zero-order chi connectivity index (χ0) is 13.3. The van der Waals surface area contributed by atoms with Gasteiger partial charge in [0.05, 0.1) is 7.11 Å². The van der Waals surface area contributed by atoms with Crippen LogP contribution in [0.3, 0.4) is 0 Å². The first-order chi connectivity index (χ1) is 8.41. The molecule has 98 valence electrons. The minimum Gasteiger partial charge on any atom is -1.00 e. The van der Waals surface area contributed by atoms with Crippen molar-refractivity contribution >= 4 is 43.0 Å². The summed E-state index contributed by atoms with van der Waals surface area (Å²) in [5, 5.41) is 0. The molecule has 1 aromatic carbocycles. The SMILES string of the molecule is COc1ccc(-c2cc(=S)ss2)cc1S(=O)(=O)O.[H-].[Na+]. The molecule has 0 atom stereocenters. The van der Waals surface area contributed by atoms with Gasteiger partial charge in [-0.25, -0.2) is 0 Å². The molecule has 0 amide bonds. The molecule has 0 aliphatic heterocycles. The fraction of sp³-hybridized carbons (Fsp3) is 0.100. The smallest absolute Gasteiger partial charge is 1.00 e. The number of methoxy groups -OCH3 is 1. The molecule has 4 nitrogen and oxygen atoms in total. The summed E-state index contributed by atoms with van der Waals surface area (Å²) in [5.41, 5.74) is 0.681. The normalized spacial score (nSPS) is 10.8. The van der Waals surface area contributed by atoms with E-state index < -0.39 is 10.1 Å². The molecule has 0 bridgehead atoms. The van der Waals surface area contributed by atoms with Crippen LogP contribution in [0.15, 0.2) is 29.2 Å². The summed E-state index contributed by atoms with van der Waals surface area (Å²) in [5.74, 6) is 0.111. The molecule has 19 heavy (non-hydrogen) atoms. The molecule has 0 aliphatic rings. The minimum atomic E-state index is -4.31. The van der Waals surface area contributed by atoms with Crippen LogP contribution < -0.4 is 34.3 Å². The maximum absolute atomic E-state index is 11.3. The molecule has 0 radical (unpaired) electrons. The summed E-state index contributed by atoms with van der Waals surface area (Å²) in [6.45, 7) is 0. The van der Waals surface area contributed by atoms with Gasteiger partial charge in [-0.2, -0.15) is 8.42 Å². The third kappa shape index (κ3) is 4.08. The maximum atomic E-state index is 11.3. The van der Waals surface area contributed by atoms with Crippen LogP contribution >= 0.6 is 32.9 Å². The number of rotatable bonds is 3. The average Bonchev–Trinajstić information content (AvgIpc) is 2.74. The molecule has 0 fully saturated rings. The first kappa shape index (κ1) is 17.3. The van der Waals surface area contributed by atoms with Crippen LogP contribution in [0.5, 0.6) is 5.75 Å². The summed E-state index contributed by atoms with van der Waals surface area (Å²) in [7, 11) is -0.0753. The first-order valence-electron chi connectivity index (χ1n) is 4.68. The van der Waals surface area contributed by atoms with Gasteiger partial charge in [-0.15, -0.1) is 0 Å². The molecule has 0 unspecified atom stereocenters. The van der Waals surface area contributed by atoms with Gasteiger partial charge in [0, 0.05) is 4.88 Å². The fourth-order valence-corrected chi connectivity index (χ4v) is 4.48. The topological polar surface area (TPSA) is 63.6 Å². The van der Waals surface area contributed by atoms with Crippen LogP contribution in [0, 0.1) is 3.82 Å². The van der Waals surface area contributed by atoms with Crippen molar-refractivity contribution in [2.45, 2.75) is 4.90 Å². The number of hydrogen-bond donors (Lipinski definition) is 1. The molecule has 1 aromatic heterocycles. The van der Waals surface area contributed by atoms with E-state index in [1.165, 1.54) is 39.9 Å². The second kappa shape index (κ2) is 6.77. The van der Waals surface area contributed by atoms with Crippen LogP contribution in [-0.4, -0.2) is 20.1 Å². The Hall–Kier alpha value is 0.200. The first-order valence-corrected chi connectivity index (χ1v) is 8.67. The molecule has 1 heterocycles. The summed E-state index contributed by atoms with van der Waals surface area (Å²) >= 11 is 5.02. The minimum absolute atomic E-state index is 0. The van der Waals surface area contributed by atoms with Crippen molar-refractivity contribution in [1.82, 2.24) is 0 Å². The molecular weight excluding hydrogens is 335 g/mol. The van der Waals surface area contributed by atoms with Gasteiger partial charge in [0.1, 0.15) is 14.5 Å². The predicted octanol–water partition coefficient (Wildman–Crippen LogP) is 0.578. The molecule has 9 heteroatoms. The Bertz CT molecular complexity index is 738. The van der Waals surface area contributed by atoms with Gasteiger partial charge in [-0.1, -0.05) is 32.9 Å². The quantitative estimate of drug-likeness (QED) is 0.382. The molecule has 2 aromatic rings.